The lowest BCUT2D eigenvalue weighted by molar-refractivity contribution is 1.21. The second-order valence-corrected chi connectivity index (χ2v) is 12.8. The van der Waals surface area contributed by atoms with Crippen LogP contribution in [0.4, 0.5) is 0 Å². The molecule has 11 aromatic rings. The molecule has 0 N–H and O–H groups in total. The van der Waals surface area contributed by atoms with Crippen molar-refractivity contribution in [3.8, 4) is 22.3 Å². The molecule has 0 fully saturated rings. The summed E-state index contributed by atoms with van der Waals surface area (Å²) in [5.41, 5.74) is 8.22. The minimum absolute atomic E-state index is 0.0167. The van der Waals surface area contributed by atoms with Gasteiger partial charge in [-0.2, -0.15) is 0 Å². The van der Waals surface area contributed by atoms with E-state index in [0.29, 0.717) is 0 Å². The van der Waals surface area contributed by atoms with Crippen LogP contribution < -0.4 is 11.1 Å². The minimum atomic E-state index is 0.0167. The van der Waals surface area contributed by atoms with Crippen LogP contribution in [0.5, 0.6) is 0 Å². The Kier molecular flexibility index (Phi) is 4.84. The van der Waals surface area contributed by atoms with Gasteiger partial charge in [-0.3, -0.25) is 18.4 Å². The number of hydrogen-bond acceptors (Lipinski definition) is 2. The SMILES string of the molecule is O=c1c2ccccc2c2cccc3c4cc(-c5cccc(-c6cc7c8ccccc8c(=O)n8c9ccccc9c(c6)c78)c5)ccc4n1c23. The van der Waals surface area contributed by atoms with Crippen molar-refractivity contribution >= 4 is 75.9 Å². The standard InChI is InChI=1S/C44H24N2O2/c47-43-34-14-3-1-11-29(34)32-16-8-17-33-36-22-27(19-20-40(36)46(43)41(32)33)25-9-7-10-26(21-25)28-23-37-30-12-2-4-15-35(30)44(48)45-39-18-6-5-13-31(39)38(24-28)42(37)45/h1-24H. The van der Waals surface area contributed by atoms with Gasteiger partial charge in [-0.1, -0.05) is 97.1 Å². The van der Waals surface area contributed by atoms with Crippen molar-refractivity contribution in [1.82, 2.24) is 8.80 Å². The van der Waals surface area contributed by atoms with Crippen LogP contribution in [0.1, 0.15) is 0 Å². The average Bonchev–Trinajstić information content (AvgIpc) is 3.66. The number of pyridine rings is 2. The van der Waals surface area contributed by atoms with Gasteiger partial charge >= 0.3 is 0 Å². The molecule has 0 atom stereocenters. The Bertz CT molecular complexity index is 3280. The molecular weight excluding hydrogens is 588 g/mol. The molecule has 0 bridgehead atoms. The van der Waals surface area contributed by atoms with Crippen molar-refractivity contribution in [3.05, 3.63) is 166 Å². The van der Waals surface area contributed by atoms with E-state index in [2.05, 4.69) is 84.9 Å². The third-order valence-corrected chi connectivity index (χ3v) is 10.4. The molecule has 0 radical (unpaired) electrons. The fraction of sp³-hybridized carbons (Fsp3) is 0. The molecule has 11 rings (SSSR count). The quantitative estimate of drug-likeness (QED) is 0.182. The molecule has 7 aromatic carbocycles. The summed E-state index contributed by atoms with van der Waals surface area (Å²) in [6, 6.07) is 49.9. The molecular formula is C44H24N2O2. The van der Waals surface area contributed by atoms with E-state index in [4.69, 9.17) is 0 Å². The van der Waals surface area contributed by atoms with Gasteiger partial charge in [0.1, 0.15) is 0 Å². The number of aromatic nitrogens is 2. The third kappa shape index (κ3) is 3.18. The lowest BCUT2D eigenvalue weighted by Gasteiger charge is -2.11. The van der Waals surface area contributed by atoms with E-state index in [1.807, 2.05) is 69.5 Å². The summed E-state index contributed by atoms with van der Waals surface area (Å²) in [4.78, 5) is 27.6. The summed E-state index contributed by atoms with van der Waals surface area (Å²) in [6.07, 6.45) is 0. The van der Waals surface area contributed by atoms with E-state index in [1.165, 1.54) is 0 Å². The third-order valence-electron chi connectivity index (χ3n) is 10.4. The smallest absolute Gasteiger partial charge is 0.263 e. The van der Waals surface area contributed by atoms with Crippen LogP contribution in [0.2, 0.25) is 0 Å². The first-order chi connectivity index (χ1) is 23.7. The second kappa shape index (κ2) is 9.05. The molecule has 4 heteroatoms. The van der Waals surface area contributed by atoms with Crippen LogP contribution in [-0.2, 0) is 0 Å². The first kappa shape index (κ1) is 25.6. The predicted octanol–water partition coefficient (Wildman–Crippen LogP) is 10.0. The van der Waals surface area contributed by atoms with Gasteiger partial charge in [0.2, 0.25) is 0 Å². The zero-order valence-corrected chi connectivity index (χ0v) is 25.6. The highest BCUT2D eigenvalue weighted by molar-refractivity contribution is 6.22. The van der Waals surface area contributed by atoms with Crippen LogP contribution in [-0.4, -0.2) is 8.80 Å². The van der Waals surface area contributed by atoms with Gasteiger partial charge < -0.3 is 0 Å². The number of rotatable bonds is 2. The van der Waals surface area contributed by atoms with Gasteiger partial charge in [-0.25, -0.2) is 0 Å². The molecule has 0 unspecified atom stereocenters. The molecule has 4 nitrogen and oxygen atoms in total. The summed E-state index contributed by atoms with van der Waals surface area (Å²) in [5, 5.41) is 9.87. The van der Waals surface area contributed by atoms with Crippen molar-refractivity contribution in [2.45, 2.75) is 0 Å². The summed E-state index contributed by atoms with van der Waals surface area (Å²) in [7, 11) is 0. The van der Waals surface area contributed by atoms with Crippen molar-refractivity contribution in [3.63, 3.8) is 0 Å². The number of para-hydroxylation sites is 2. The highest BCUT2D eigenvalue weighted by Crippen LogP contribution is 2.40. The Hall–Kier alpha value is -6.52. The lowest BCUT2D eigenvalue weighted by Crippen LogP contribution is -2.12. The molecule has 0 saturated heterocycles. The highest BCUT2D eigenvalue weighted by Gasteiger charge is 2.20. The van der Waals surface area contributed by atoms with Gasteiger partial charge in [0.15, 0.2) is 0 Å². The van der Waals surface area contributed by atoms with E-state index in [-0.39, 0.29) is 11.1 Å². The molecule has 0 spiro atoms. The van der Waals surface area contributed by atoms with Gasteiger partial charge in [-0.05, 0) is 81.6 Å². The molecule has 0 aliphatic heterocycles. The Morgan fingerprint density at radius 1 is 0.292 bits per heavy atom. The van der Waals surface area contributed by atoms with E-state index >= 15 is 0 Å². The molecule has 0 aliphatic rings. The summed E-state index contributed by atoms with van der Waals surface area (Å²) < 4.78 is 3.78. The van der Waals surface area contributed by atoms with Crippen LogP contribution in [0.3, 0.4) is 0 Å². The summed E-state index contributed by atoms with van der Waals surface area (Å²) in [6.45, 7) is 0. The van der Waals surface area contributed by atoms with Crippen molar-refractivity contribution in [2.75, 3.05) is 0 Å². The van der Waals surface area contributed by atoms with E-state index in [9.17, 15) is 9.59 Å². The molecule has 222 valence electrons. The van der Waals surface area contributed by atoms with Crippen LogP contribution in [0.25, 0.3) is 98.2 Å². The van der Waals surface area contributed by atoms with Crippen LogP contribution in [0, 0.1) is 0 Å². The fourth-order valence-electron chi connectivity index (χ4n) is 8.29. The fourth-order valence-corrected chi connectivity index (χ4v) is 8.29. The topological polar surface area (TPSA) is 43.0 Å². The minimum Gasteiger partial charge on any atom is -0.275 e. The lowest BCUT2D eigenvalue weighted by atomic mass is 9.95. The maximum atomic E-state index is 13.8. The van der Waals surface area contributed by atoms with Gasteiger partial charge in [0.05, 0.1) is 22.1 Å². The Labute approximate surface area is 272 Å². The highest BCUT2D eigenvalue weighted by atomic mass is 16.1. The number of fused-ring (bicyclic) bond motifs is 10. The average molecular weight is 613 g/mol. The summed E-state index contributed by atoms with van der Waals surface area (Å²) >= 11 is 0. The Morgan fingerprint density at radius 3 is 1.44 bits per heavy atom. The van der Waals surface area contributed by atoms with E-state index in [1.54, 1.807) is 0 Å². The molecule has 4 heterocycles. The number of hydrogen-bond donors (Lipinski definition) is 0. The Morgan fingerprint density at radius 2 is 0.729 bits per heavy atom. The monoisotopic (exact) mass is 612 g/mol. The van der Waals surface area contributed by atoms with Crippen LogP contribution in [0.15, 0.2) is 155 Å². The zero-order valence-electron chi connectivity index (χ0n) is 25.6. The van der Waals surface area contributed by atoms with Crippen molar-refractivity contribution in [2.24, 2.45) is 0 Å². The van der Waals surface area contributed by atoms with E-state index in [0.717, 1.165) is 98.2 Å². The Balaban J connectivity index is 1.15. The molecule has 0 aliphatic carbocycles. The maximum Gasteiger partial charge on any atom is 0.263 e. The van der Waals surface area contributed by atoms with Gasteiger partial charge in [-0.15, -0.1) is 0 Å². The summed E-state index contributed by atoms with van der Waals surface area (Å²) in [5.74, 6) is 0. The molecule has 48 heavy (non-hydrogen) atoms. The van der Waals surface area contributed by atoms with Crippen molar-refractivity contribution < 1.29 is 0 Å². The molecule has 0 saturated carbocycles. The molecule has 4 aromatic heterocycles. The van der Waals surface area contributed by atoms with Crippen molar-refractivity contribution in [1.29, 1.82) is 0 Å². The van der Waals surface area contributed by atoms with Gasteiger partial charge in [0.25, 0.3) is 11.1 Å². The number of nitrogens with zero attached hydrogens (tertiary/aromatic N) is 2. The zero-order chi connectivity index (χ0) is 31.7. The largest absolute Gasteiger partial charge is 0.275 e. The first-order valence-electron chi connectivity index (χ1n) is 16.2. The predicted molar refractivity (Wildman–Crippen MR) is 199 cm³/mol. The normalized spacial score (nSPS) is 12.3. The maximum absolute atomic E-state index is 13.8. The molecule has 0 amide bonds. The van der Waals surface area contributed by atoms with Crippen LogP contribution >= 0.6 is 0 Å². The number of benzene rings is 7. The first-order valence-corrected chi connectivity index (χ1v) is 16.2. The second-order valence-electron chi connectivity index (χ2n) is 12.8. The van der Waals surface area contributed by atoms with E-state index < -0.39 is 0 Å². The van der Waals surface area contributed by atoms with Gasteiger partial charge in [0, 0.05) is 43.1 Å².